The Balaban J connectivity index is 3.07. The molecule has 0 aromatic rings. The van der Waals surface area contributed by atoms with Gasteiger partial charge in [-0.1, -0.05) is 0 Å². The van der Waals surface area contributed by atoms with Gasteiger partial charge in [-0.2, -0.15) is 0 Å². The fraction of sp³-hybridized carbons (Fsp3) is 1.00. The molecular formula is C5H11ClO2. The van der Waals surface area contributed by atoms with Crippen molar-refractivity contribution in [2.75, 3.05) is 20.1 Å². The Morgan fingerprint density at radius 1 is 1.38 bits per heavy atom. The Hall–Kier alpha value is 0.210. The Bertz CT molecular complexity index is 45.7. The summed E-state index contributed by atoms with van der Waals surface area (Å²) in [6, 6.07) is 0. The summed E-state index contributed by atoms with van der Waals surface area (Å²) in [5, 5.41) is 0. The number of hydrogen-bond acceptors (Lipinski definition) is 2. The normalized spacial score (nSPS) is 10.5. The topological polar surface area (TPSA) is 18.5 Å². The highest BCUT2D eigenvalue weighted by atomic mass is 35.5. The average Bonchev–Trinajstić information content (AvgIpc) is 1.83. The molecule has 0 atom stereocenters. The van der Waals surface area contributed by atoms with Crippen LogP contribution < -0.4 is 0 Å². The molecular weight excluding hydrogens is 128 g/mol. The number of halogens is 1. The highest BCUT2D eigenvalue weighted by molar-refractivity contribution is 6.17. The molecule has 0 N–H and O–H groups in total. The van der Waals surface area contributed by atoms with E-state index in [4.69, 9.17) is 21.1 Å². The lowest BCUT2D eigenvalue weighted by atomic mass is 10.5. The van der Waals surface area contributed by atoms with Crippen LogP contribution in [0.3, 0.4) is 0 Å². The fourth-order valence-electron chi connectivity index (χ4n) is 0.421. The second-order valence-corrected chi connectivity index (χ2v) is 1.76. The van der Waals surface area contributed by atoms with Crippen LogP contribution in [-0.4, -0.2) is 26.4 Å². The summed E-state index contributed by atoms with van der Waals surface area (Å²) in [5.41, 5.74) is 0. The van der Waals surface area contributed by atoms with Crippen LogP contribution in [0, 0.1) is 0 Å². The summed E-state index contributed by atoms with van der Waals surface area (Å²) in [4.78, 5) is 0. The van der Waals surface area contributed by atoms with Crippen molar-refractivity contribution < 1.29 is 9.47 Å². The van der Waals surface area contributed by atoms with Gasteiger partial charge in [0.25, 0.3) is 0 Å². The van der Waals surface area contributed by atoms with Crippen molar-refractivity contribution in [1.82, 2.24) is 0 Å². The molecule has 0 aromatic heterocycles. The molecule has 0 amide bonds. The molecule has 3 heteroatoms. The summed E-state index contributed by atoms with van der Waals surface area (Å²) in [7, 11) is 3.20. The van der Waals surface area contributed by atoms with Gasteiger partial charge in [-0.15, -0.1) is 11.6 Å². The third-order valence-corrected chi connectivity index (χ3v) is 1.09. The van der Waals surface area contributed by atoms with Crippen molar-refractivity contribution in [3.05, 3.63) is 0 Å². The van der Waals surface area contributed by atoms with E-state index in [1.807, 2.05) is 0 Å². The van der Waals surface area contributed by atoms with E-state index in [2.05, 4.69) is 0 Å². The van der Waals surface area contributed by atoms with Gasteiger partial charge in [-0.05, 0) is 0 Å². The fourth-order valence-corrected chi connectivity index (χ4v) is 0.599. The zero-order chi connectivity index (χ0) is 6.41. The lowest BCUT2D eigenvalue weighted by Gasteiger charge is -2.09. The van der Waals surface area contributed by atoms with E-state index in [0.717, 1.165) is 6.42 Å². The van der Waals surface area contributed by atoms with Crippen molar-refractivity contribution in [2.24, 2.45) is 0 Å². The number of rotatable bonds is 4. The SMILES string of the molecule is COC(CCCl)OC. The van der Waals surface area contributed by atoms with Gasteiger partial charge in [0.2, 0.25) is 0 Å². The van der Waals surface area contributed by atoms with Crippen molar-refractivity contribution in [3.8, 4) is 0 Å². The molecule has 8 heavy (non-hydrogen) atoms. The summed E-state index contributed by atoms with van der Waals surface area (Å²) in [5.74, 6) is 0.576. The number of methoxy groups -OCH3 is 2. The first-order chi connectivity index (χ1) is 3.85. The average molecular weight is 139 g/mol. The minimum absolute atomic E-state index is 0.132. The van der Waals surface area contributed by atoms with E-state index < -0.39 is 0 Å². The predicted octanol–water partition coefficient (Wildman–Crippen LogP) is 1.23. The molecule has 0 fully saturated rings. The molecule has 0 aliphatic carbocycles. The monoisotopic (exact) mass is 138 g/mol. The van der Waals surface area contributed by atoms with Gasteiger partial charge in [-0.25, -0.2) is 0 Å². The van der Waals surface area contributed by atoms with Crippen molar-refractivity contribution >= 4 is 11.6 Å². The van der Waals surface area contributed by atoms with Gasteiger partial charge in [0, 0.05) is 26.5 Å². The van der Waals surface area contributed by atoms with Gasteiger partial charge >= 0.3 is 0 Å². The molecule has 0 spiro atoms. The molecule has 0 aliphatic rings. The van der Waals surface area contributed by atoms with Crippen LogP contribution in [0.1, 0.15) is 6.42 Å². The van der Waals surface area contributed by atoms with Crippen LogP contribution in [0.2, 0.25) is 0 Å². The lowest BCUT2D eigenvalue weighted by Crippen LogP contribution is -2.12. The maximum absolute atomic E-state index is 5.39. The zero-order valence-electron chi connectivity index (χ0n) is 5.19. The molecule has 0 saturated carbocycles. The van der Waals surface area contributed by atoms with Crippen LogP contribution in [0.4, 0.5) is 0 Å². The van der Waals surface area contributed by atoms with E-state index >= 15 is 0 Å². The van der Waals surface area contributed by atoms with E-state index in [-0.39, 0.29) is 6.29 Å². The maximum atomic E-state index is 5.39. The minimum atomic E-state index is -0.132. The Morgan fingerprint density at radius 2 is 1.88 bits per heavy atom. The predicted molar refractivity (Wildman–Crippen MR) is 33.1 cm³/mol. The van der Waals surface area contributed by atoms with Crippen molar-refractivity contribution in [1.29, 1.82) is 0 Å². The molecule has 0 bridgehead atoms. The van der Waals surface area contributed by atoms with Crippen LogP contribution in [0.25, 0.3) is 0 Å². The highest BCUT2D eigenvalue weighted by Gasteiger charge is 2.00. The Labute approximate surface area is 54.7 Å². The summed E-state index contributed by atoms with van der Waals surface area (Å²) < 4.78 is 9.67. The lowest BCUT2D eigenvalue weighted by molar-refractivity contribution is -0.102. The van der Waals surface area contributed by atoms with E-state index in [0.29, 0.717) is 5.88 Å². The van der Waals surface area contributed by atoms with E-state index in [9.17, 15) is 0 Å². The highest BCUT2D eigenvalue weighted by Crippen LogP contribution is 1.97. The maximum Gasteiger partial charge on any atom is 0.157 e. The number of ether oxygens (including phenoxy) is 2. The van der Waals surface area contributed by atoms with Crippen LogP contribution in [0.15, 0.2) is 0 Å². The van der Waals surface area contributed by atoms with Crippen LogP contribution >= 0.6 is 11.6 Å². The molecule has 0 unspecified atom stereocenters. The summed E-state index contributed by atoms with van der Waals surface area (Å²) in [6.45, 7) is 0. The zero-order valence-corrected chi connectivity index (χ0v) is 5.94. The summed E-state index contributed by atoms with van der Waals surface area (Å²) >= 11 is 5.39. The van der Waals surface area contributed by atoms with Crippen molar-refractivity contribution in [3.63, 3.8) is 0 Å². The largest absolute Gasteiger partial charge is 0.356 e. The molecule has 0 aromatic carbocycles. The minimum Gasteiger partial charge on any atom is -0.356 e. The number of alkyl halides is 1. The molecule has 0 heterocycles. The van der Waals surface area contributed by atoms with Gasteiger partial charge < -0.3 is 9.47 Å². The summed E-state index contributed by atoms with van der Waals surface area (Å²) in [6.07, 6.45) is 0.613. The van der Waals surface area contributed by atoms with Gasteiger partial charge in [0.1, 0.15) is 0 Å². The van der Waals surface area contributed by atoms with E-state index in [1.54, 1.807) is 14.2 Å². The molecule has 0 aliphatic heterocycles. The molecule has 0 radical (unpaired) electrons. The molecule has 2 nitrogen and oxygen atoms in total. The second kappa shape index (κ2) is 5.35. The van der Waals surface area contributed by atoms with Crippen LogP contribution in [-0.2, 0) is 9.47 Å². The Morgan fingerprint density at radius 3 is 2.00 bits per heavy atom. The van der Waals surface area contributed by atoms with Gasteiger partial charge in [-0.3, -0.25) is 0 Å². The second-order valence-electron chi connectivity index (χ2n) is 1.38. The first-order valence-electron chi connectivity index (χ1n) is 2.46. The quantitative estimate of drug-likeness (QED) is 0.430. The molecule has 0 saturated heterocycles. The smallest absolute Gasteiger partial charge is 0.157 e. The van der Waals surface area contributed by atoms with Gasteiger partial charge in [0.05, 0.1) is 0 Å². The number of hydrogen-bond donors (Lipinski definition) is 0. The third-order valence-electron chi connectivity index (χ3n) is 0.871. The standard InChI is InChI=1S/C5H11ClO2/c1-7-5(8-2)3-4-6/h5H,3-4H2,1-2H3. The van der Waals surface area contributed by atoms with Gasteiger partial charge in [0.15, 0.2) is 6.29 Å². The van der Waals surface area contributed by atoms with Crippen LogP contribution in [0.5, 0.6) is 0 Å². The van der Waals surface area contributed by atoms with E-state index in [1.165, 1.54) is 0 Å². The molecule has 0 rings (SSSR count). The molecule has 50 valence electrons. The third kappa shape index (κ3) is 3.24. The first-order valence-corrected chi connectivity index (χ1v) is 3.00. The Kier molecular flexibility index (Phi) is 5.49. The van der Waals surface area contributed by atoms with Crippen molar-refractivity contribution in [2.45, 2.75) is 12.7 Å². The first kappa shape index (κ1) is 8.21.